The van der Waals surface area contributed by atoms with E-state index in [1.165, 1.54) is 7.11 Å². The molecule has 0 spiro atoms. The lowest BCUT2D eigenvalue weighted by molar-refractivity contribution is 0.342. The van der Waals surface area contributed by atoms with Gasteiger partial charge in [-0.15, -0.1) is 0 Å². The Bertz CT molecular complexity index is 419. The first kappa shape index (κ1) is 9.78. The third kappa shape index (κ3) is 1.73. The zero-order valence-electron chi connectivity index (χ0n) is 8.78. The third-order valence-electron chi connectivity index (χ3n) is 2.52. The molecular formula is C11H12N2O2. The molecule has 78 valence electrons. The number of methoxy groups -OCH3 is 2. The summed E-state index contributed by atoms with van der Waals surface area (Å²) in [6.07, 6.45) is 2.26. The van der Waals surface area contributed by atoms with Crippen LogP contribution in [0.1, 0.15) is 30.0 Å². The second kappa shape index (κ2) is 3.77. The van der Waals surface area contributed by atoms with E-state index in [0.717, 1.165) is 18.4 Å². The first-order valence-electron chi connectivity index (χ1n) is 4.83. The Labute approximate surface area is 88.5 Å². The molecule has 0 amide bonds. The van der Waals surface area contributed by atoms with Crippen LogP contribution in [0.25, 0.3) is 0 Å². The highest BCUT2D eigenvalue weighted by molar-refractivity contribution is 5.46. The first-order chi connectivity index (χ1) is 7.30. The molecule has 15 heavy (non-hydrogen) atoms. The van der Waals surface area contributed by atoms with Crippen LogP contribution in [0.15, 0.2) is 6.07 Å². The van der Waals surface area contributed by atoms with Gasteiger partial charge in [0.05, 0.1) is 14.2 Å². The highest BCUT2D eigenvalue weighted by Crippen LogP contribution is 2.43. The molecule has 0 bridgehead atoms. The van der Waals surface area contributed by atoms with Crippen LogP contribution in [0.4, 0.5) is 0 Å². The minimum absolute atomic E-state index is 0.374. The van der Waals surface area contributed by atoms with Gasteiger partial charge in [-0.2, -0.15) is 10.2 Å². The fourth-order valence-corrected chi connectivity index (χ4v) is 1.58. The maximum atomic E-state index is 8.97. The summed E-state index contributed by atoms with van der Waals surface area (Å²) in [6, 6.07) is 3.96. The molecule has 1 aromatic rings. The fraction of sp³-hybridized carbons (Fsp3) is 0.455. The van der Waals surface area contributed by atoms with Gasteiger partial charge in [0.25, 0.3) is 5.88 Å². The molecule has 0 aliphatic heterocycles. The molecule has 1 aromatic heterocycles. The van der Waals surface area contributed by atoms with Gasteiger partial charge in [-0.25, -0.2) is 0 Å². The quantitative estimate of drug-likeness (QED) is 0.753. The minimum Gasteiger partial charge on any atom is -0.491 e. The standard InChI is InChI=1S/C11H12N2O2/c1-14-10-5-8(7-3-4-7)9(6-12)13-11(10)15-2/h5,7H,3-4H2,1-2H3. The fourth-order valence-electron chi connectivity index (χ4n) is 1.58. The van der Waals surface area contributed by atoms with E-state index in [1.807, 2.05) is 6.07 Å². The summed E-state index contributed by atoms with van der Waals surface area (Å²) in [5.74, 6) is 1.45. The molecule has 0 N–H and O–H groups in total. The van der Waals surface area contributed by atoms with Crippen LogP contribution < -0.4 is 9.47 Å². The Morgan fingerprint density at radius 2 is 2.13 bits per heavy atom. The van der Waals surface area contributed by atoms with Gasteiger partial charge in [0.1, 0.15) is 11.8 Å². The molecule has 0 aromatic carbocycles. The number of nitriles is 1. The molecule has 0 unspecified atom stereocenters. The molecule has 4 nitrogen and oxygen atoms in total. The summed E-state index contributed by atoms with van der Waals surface area (Å²) in [7, 11) is 3.09. The van der Waals surface area contributed by atoms with Crippen molar-refractivity contribution in [3.8, 4) is 17.7 Å². The highest BCUT2D eigenvalue weighted by Gasteiger charge is 2.28. The lowest BCUT2D eigenvalue weighted by Gasteiger charge is -2.09. The van der Waals surface area contributed by atoms with Crippen molar-refractivity contribution in [2.75, 3.05) is 14.2 Å². The molecule has 1 aliphatic rings. The third-order valence-corrected chi connectivity index (χ3v) is 2.52. The van der Waals surface area contributed by atoms with Crippen molar-refractivity contribution >= 4 is 0 Å². The molecule has 0 radical (unpaired) electrons. The predicted octanol–water partition coefficient (Wildman–Crippen LogP) is 1.85. The van der Waals surface area contributed by atoms with E-state index >= 15 is 0 Å². The molecule has 0 saturated heterocycles. The van der Waals surface area contributed by atoms with E-state index in [0.29, 0.717) is 23.2 Å². The lowest BCUT2D eigenvalue weighted by Crippen LogP contribution is -1.99. The van der Waals surface area contributed by atoms with Crippen LogP contribution in [0, 0.1) is 11.3 Å². The van der Waals surface area contributed by atoms with E-state index < -0.39 is 0 Å². The second-order valence-electron chi connectivity index (χ2n) is 3.52. The number of rotatable bonds is 3. The predicted molar refractivity (Wildman–Crippen MR) is 54.0 cm³/mol. The van der Waals surface area contributed by atoms with Crippen molar-refractivity contribution in [3.63, 3.8) is 0 Å². The Hall–Kier alpha value is -1.76. The van der Waals surface area contributed by atoms with Gasteiger partial charge in [-0.1, -0.05) is 0 Å². The Morgan fingerprint density at radius 1 is 1.40 bits per heavy atom. The second-order valence-corrected chi connectivity index (χ2v) is 3.52. The minimum atomic E-state index is 0.374. The number of ether oxygens (including phenoxy) is 2. The largest absolute Gasteiger partial charge is 0.491 e. The molecule has 1 saturated carbocycles. The first-order valence-corrected chi connectivity index (χ1v) is 4.83. The number of pyridine rings is 1. The SMILES string of the molecule is COc1cc(C2CC2)c(C#N)nc1OC. The van der Waals surface area contributed by atoms with Crippen molar-refractivity contribution in [1.82, 2.24) is 4.98 Å². The van der Waals surface area contributed by atoms with Crippen LogP contribution in [-0.2, 0) is 0 Å². The summed E-state index contributed by atoms with van der Waals surface area (Å²) in [5, 5.41) is 8.97. The van der Waals surface area contributed by atoms with Gasteiger partial charge in [0, 0.05) is 0 Å². The number of hydrogen-bond donors (Lipinski definition) is 0. The van der Waals surface area contributed by atoms with Crippen molar-refractivity contribution in [2.24, 2.45) is 0 Å². The molecule has 0 atom stereocenters. The van der Waals surface area contributed by atoms with E-state index in [2.05, 4.69) is 11.1 Å². The summed E-state index contributed by atoms with van der Waals surface area (Å²) in [4.78, 5) is 4.13. The molecule has 1 aliphatic carbocycles. The molecule has 2 rings (SSSR count). The van der Waals surface area contributed by atoms with Gasteiger partial charge >= 0.3 is 0 Å². The average molecular weight is 204 g/mol. The summed E-state index contributed by atoms with van der Waals surface area (Å²) >= 11 is 0. The summed E-state index contributed by atoms with van der Waals surface area (Å²) in [5.41, 5.74) is 1.44. The number of aromatic nitrogens is 1. The van der Waals surface area contributed by atoms with Gasteiger partial charge < -0.3 is 9.47 Å². The van der Waals surface area contributed by atoms with Gasteiger partial charge in [-0.05, 0) is 30.4 Å². The molecule has 1 heterocycles. The van der Waals surface area contributed by atoms with E-state index in [-0.39, 0.29) is 0 Å². The van der Waals surface area contributed by atoms with E-state index in [4.69, 9.17) is 14.7 Å². The normalized spacial score (nSPS) is 14.5. The zero-order valence-corrected chi connectivity index (χ0v) is 8.78. The Balaban J connectivity index is 2.50. The average Bonchev–Trinajstić information content (AvgIpc) is 3.11. The van der Waals surface area contributed by atoms with Crippen LogP contribution in [-0.4, -0.2) is 19.2 Å². The van der Waals surface area contributed by atoms with Gasteiger partial charge in [0.15, 0.2) is 5.75 Å². The van der Waals surface area contributed by atoms with Crippen molar-refractivity contribution in [2.45, 2.75) is 18.8 Å². The molecule has 4 heteroatoms. The molecular weight excluding hydrogens is 192 g/mol. The Morgan fingerprint density at radius 3 is 2.60 bits per heavy atom. The monoisotopic (exact) mass is 204 g/mol. The Kier molecular flexibility index (Phi) is 2.46. The number of nitrogens with zero attached hydrogens (tertiary/aromatic N) is 2. The van der Waals surface area contributed by atoms with Crippen molar-refractivity contribution < 1.29 is 9.47 Å². The smallest absolute Gasteiger partial charge is 0.258 e. The van der Waals surface area contributed by atoms with Crippen LogP contribution in [0.5, 0.6) is 11.6 Å². The maximum Gasteiger partial charge on any atom is 0.258 e. The highest BCUT2D eigenvalue weighted by atomic mass is 16.5. The maximum absolute atomic E-state index is 8.97. The van der Waals surface area contributed by atoms with Gasteiger partial charge in [-0.3, -0.25) is 0 Å². The van der Waals surface area contributed by atoms with Crippen molar-refractivity contribution in [3.05, 3.63) is 17.3 Å². The topological polar surface area (TPSA) is 55.1 Å². The van der Waals surface area contributed by atoms with E-state index in [9.17, 15) is 0 Å². The number of hydrogen-bond acceptors (Lipinski definition) is 4. The van der Waals surface area contributed by atoms with Crippen molar-refractivity contribution in [1.29, 1.82) is 5.26 Å². The van der Waals surface area contributed by atoms with Crippen LogP contribution >= 0.6 is 0 Å². The van der Waals surface area contributed by atoms with Crippen LogP contribution in [0.2, 0.25) is 0 Å². The van der Waals surface area contributed by atoms with E-state index in [1.54, 1.807) is 7.11 Å². The molecule has 1 fully saturated rings. The summed E-state index contributed by atoms with van der Waals surface area (Å²) < 4.78 is 10.2. The van der Waals surface area contributed by atoms with Gasteiger partial charge in [0.2, 0.25) is 0 Å². The van der Waals surface area contributed by atoms with Crippen LogP contribution in [0.3, 0.4) is 0 Å². The summed E-state index contributed by atoms with van der Waals surface area (Å²) in [6.45, 7) is 0. The zero-order chi connectivity index (χ0) is 10.8. The lowest BCUT2D eigenvalue weighted by atomic mass is 10.1.